The van der Waals surface area contributed by atoms with E-state index < -0.39 is 10.0 Å². The molecular weight excluding hydrogens is 294 g/mol. The van der Waals surface area contributed by atoms with E-state index in [1.165, 1.54) is 11.3 Å². The lowest BCUT2D eigenvalue weighted by atomic mass is 10.1. The van der Waals surface area contributed by atoms with Crippen molar-refractivity contribution in [2.75, 3.05) is 0 Å². The second kappa shape index (κ2) is 6.01. The fourth-order valence-electron chi connectivity index (χ4n) is 1.86. The van der Waals surface area contributed by atoms with Gasteiger partial charge in [-0.25, -0.2) is 18.1 Å². The molecule has 0 spiro atoms. The smallest absolute Gasteiger partial charge is 0.241 e. The highest BCUT2D eigenvalue weighted by molar-refractivity contribution is 7.89. The molecule has 0 aliphatic rings. The van der Waals surface area contributed by atoms with Crippen molar-refractivity contribution < 1.29 is 8.42 Å². The monoisotopic (exact) mass is 311 g/mol. The first kappa shape index (κ1) is 15.1. The number of aryl methyl sites for hydroxylation is 1. The van der Waals surface area contributed by atoms with E-state index >= 15 is 0 Å². The van der Waals surface area contributed by atoms with Crippen LogP contribution >= 0.6 is 11.3 Å². The number of benzene rings is 1. The fourth-order valence-corrected chi connectivity index (χ4v) is 4.08. The summed E-state index contributed by atoms with van der Waals surface area (Å²) in [5, 5.41) is 2.56. The number of thiazole rings is 1. The van der Waals surface area contributed by atoms with Gasteiger partial charge in [0.1, 0.15) is 5.01 Å². The Kier molecular flexibility index (Phi) is 4.54. The van der Waals surface area contributed by atoms with Crippen LogP contribution in [0, 0.1) is 6.92 Å². The highest BCUT2D eigenvalue weighted by Gasteiger charge is 2.21. The standard InChI is InChI=1S/C13H17N3O2S2/c1-9-3-4-11(8-14)7-12(9)20(17,18)16-10(2)13-15-5-6-19-13/h3-7,10,16H,8,14H2,1-2H3. The highest BCUT2D eigenvalue weighted by Crippen LogP contribution is 2.21. The van der Waals surface area contributed by atoms with Gasteiger partial charge in [-0.15, -0.1) is 11.3 Å². The SMILES string of the molecule is Cc1ccc(CN)cc1S(=O)(=O)NC(C)c1nccs1. The molecule has 7 heteroatoms. The lowest BCUT2D eigenvalue weighted by molar-refractivity contribution is 0.565. The third-order valence-corrected chi connectivity index (χ3v) is 5.57. The Morgan fingerprint density at radius 1 is 1.45 bits per heavy atom. The Morgan fingerprint density at radius 3 is 2.80 bits per heavy atom. The molecule has 1 aromatic carbocycles. The summed E-state index contributed by atoms with van der Waals surface area (Å²) in [7, 11) is -3.59. The predicted octanol–water partition coefficient (Wildman–Crippen LogP) is 1.95. The Balaban J connectivity index is 2.31. The number of hydrogen-bond acceptors (Lipinski definition) is 5. The van der Waals surface area contributed by atoms with Gasteiger partial charge in [-0.2, -0.15) is 0 Å². The van der Waals surface area contributed by atoms with E-state index in [0.717, 1.165) is 10.6 Å². The maximum atomic E-state index is 12.5. The van der Waals surface area contributed by atoms with Crippen LogP contribution in [0.2, 0.25) is 0 Å². The van der Waals surface area contributed by atoms with Gasteiger partial charge in [0.2, 0.25) is 10.0 Å². The van der Waals surface area contributed by atoms with Gasteiger partial charge in [0.05, 0.1) is 10.9 Å². The zero-order valence-corrected chi connectivity index (χ0v) is 13.0. The summed E-state index contributed by atoms with van der Waals surface area (Å²) >= 11 is 1.42. The number of rotatable bonds is 5. The van der Waals surface area contributed by atoms with Crippen molar-refractivity contribution in [3.63, 3.8) is 0 Å². The van der Waals surface area contributed by atoms with E-state index in [-0.39, 0.29) is 10.9 Å². The van der Waals surface area contributed by atoms with Crippen LogP contribution in [0.1, 0.15) is 29.1 Å². The molecule has 20 heavy (non-hydrogen) atoms. The van der Waals surface area contributed by atoms with Crippen LogP contribution < -0.4 is 10.5 Å². The summed E-state index contributed by atoms with van der Waals surface area (Å²) in [6.07, 6.45) is 1.66. The van der Waals surface area contributed by atoms with Gasteiger partial charge < -0.3 is 5.73 Å². The van der Waals surface area contributed by atoms with Crippen LogP contribution in [0.4, 0.5) is 0 Å². The van der Waals surface area contributed by atoms with Crippen molar-refractivity contribution in [1.29, 1.82) is 0 Å². The Bertz CT molecular complexity index is 682. The van der Waals surface area contributed by atoms with Crippen molar-refractivity contribution in [2.45, 2.75) is 31.3 Å². The second-order valence-electron chi connectivity index (χ2n) is 4.52. The number of nitrogens with one attached hydrogen (secondary N) is 1. The quantitative estimate of drug-likeness (QED) is 0.884. The molecule has 5 nitrogen and oxygen atoms in total. The molecule has 0 saturated carbocycles. The normalized spacial score (nSPS) is 13.3. The molecule has 3 N–H and O–H groups in total. The first-order chi connectivity index (χ1) is 9.44. The maximum Gasteiger partial charge on any atom is 0.241 e. The van der Waals surface area contributed by atoms with Crippen LogP contribution in [0.25, 0.3) is 0 Å². The molecule has 2 aromatic rings. The molecule has 1 unspecified atom stereocenters. The average Bonchev–Trinajstić information content (AvgIpc) is 2.92. The number of hydrogen-bond donors (Lipinski definition) is 2. The molecule has 2 rings (SSSR count). The van der Waals surface area contributed by atoms with Gasteiger partial charge >= 0.3 is 0 Å². The molecule has 0 radical (unpaired) electrons. The van der Waals surface area contributed by atoms with Gasteiger partial charge in [0, 0.05) is 18.1 Å². The van der Waals surface area contributed by atoms with E-state index in [2.05, 4.69) is 9.71 Å². The lowest BCUT2D eigenvalue weighted by Crippen LogP contribution is -2.27. The van der Waals surface area contributed by atoms with Gasteiger partial charge in [-0.1, -0.05) is 12.1 Å². The highest BCUT2D eigenvalue weighted by atomic mass is 32.2. The molecule has 108 valence electrons. The average molecular weight is 311 g/mol. The van der Waals surface area contributed by atoms with Crippen LogP contribution in [-0.2, 0) is 16.6 Å². The summed E-state index contributed by atoms with van der Waals surface area (Å²) in [5.41, 5.74) is 7.05. The van der Waals surface area contributed by atoms with Gasteiger partial charge in [0.25, 0.3) is 0 Å². The second-order valence-corrected chi connectivity index (χ2v) is 7.13. The number of sulfonamides is 1. The number of nitrogens with zero attached hydrogens (tertiary/aromatic N) is 1. The third kappa shape index (κ3) is 3.24. The number of nitrogens with two attached hydrogens (primary N) is 1. The summed E-state index contributed by atoms with van der Waals surface area (Å²) in [6, 6.07) is 4.86. The van der Waals surface area contributed by atoms with Gasteiger partial charge in [0.15, 0.2) is 0 Å². The van der Waals surface area contributed by atoms with E-state index in [4.69, 9.17) is 5.73 Å². The van der Waals surface area contributed by atoms with Crippen LogP contribution in [0.15, 0.2) is 34.7 Å². The molecule has 1 atom stereocenters. The zero-order chi connectivity index (χ0) is 14.8. The van der Waals surface area contributed by atoms with Gasteiger partial charge in [-0.3, -0.25) is 0 Å². The van der Waals surface area contributed by atoms with Crippen molar-refractivity contribution >= 4 is 21.4 Å². The minimum Gasteiger partial charge on any atom is -0.326 e. The number of aromatic nitrogens is 1. The van der Waals surface area contributed by atoms with Crippen molar-refractivity contribution in [1.82, 2.24) is 9.71 Å². The zero-order valence-electron chi connectivity index (χ0n) is 11.3. The molecule has 0 saturated heterocycles. The molecule has 0 aliphatic carbocycles. The molecule has 1 aromatic heterocycles. The van der Waals surface area contributed by atoms with Crippen molar-refractivity contribution in [2.24, 2.45) is 5.73 Å². The molecule has 0 aliphatic heterocycles. The Hall–Kier alpha value is -1.28. The Labute approximate surface area is 122 Å². The molecular formula is C13H17N3O2S2. The summed E-state index contributed by atoms with van der Waals surface area (Å²) < 4.78 is 27.5. The molecule has 1 heterocycles. The van der Waals surface area contributed by atoms with Crippen LogP contribution in [-0.4, -0.2) is 13.4 Å². The van der Waals surface area contributed by atoms with Crippen molar-refractivity contribution in [3.8, 4) is 0 Å². The minimum absolute atomic E-state index is 0.267. The summed E-state index contributed by atoms with van der Waals surface area (Å²) in [5.74, 6) is 0. The van der Waals surface area contributed by atoms with E-state index in [1.54, 1.807) is 32.2 Å². The molecule has 0 fully saturated rings. The fraction of sp³-hybridized carbons (Fsp3) is 0.308. The topological polar surface area (TPSA) is 85.1 Å². The third-order valence-electron chi connectivity index (χ3n) is 2.93. The minimum atomic E-state index is -3.59. The largest absolute Gasteiger partial charge is 0.326 e. The van der Waals surface area contributed by atoms with E-state index in [1.807, 2.05) is 11.4 Å². The Morgan fingerprint density at radius 2 is 2.20 bits per heavy atom. The summed E-state index contributed by atoms with van der Waals surface area (Å²) in [6.45, 7) is 3.85. The van der Waals surface area contributed by atoms with Crippen molar-refractivity contribution in [3.05, 3.63) is 45.9 Å². The van der Waals surface area contributed by atoms with Crippen LogP contribution in [0.5, 0.6) is 0 Å². The lowest BCUT2D eigenvalue weighted by Gasteiger charge is -2.14. The molecule has 0 amide bonds. The maximum absolute atomic E-state index is 12.5. The first-order valence-corrected chi connectivity index (χ1v) is 8.51. The molecule has 0 bridgehead atoms. The van der Waals surface area contributed by atoms with Crippen LogP contribution in [0.3, 0.4) is 0 Å². The van der Waals surface area contributed by atoms with E-state index in [0.29, 0.717) is 12.1 Å². The summed E-state index contributed by atoms with van der Waals surface area (Å²) in [4.78, 5) is 4.39. The predicted molar refractivity (Wildman–Crippen MR) is 79.9 cm³/mol. The first-order valence-electron chi connectivity index (χ1n) is 6.15. The van der Waals surface area contributed by atoms with E-state index in [9.17, 15) is 8.42 Å². The van der Waals surface area contributed by atoms with Gasteiger partial charge in [-0.05, 0) is 31.0 Å².